The van der Waals surface area contributed by atoms with E-state index < -0.39 is 0 Å². The molecule has 0 unspecified atom stereocenters. The molecule has 21 heavy (non-hydrogen) atoms. The summed E-state index contributed by atoms with van der Waals surface area (Å²) in [5.41, 5.74) is 0.951. The monoisotopic (exact) mass is 290 g/mol. The standard InChI is InChI=1S/C15H22N4O2/c1-19(9-7-13-4-2-3-8-16-13)14(20)11-18-15(21)17-10-12-5-6-12/h2-4,8,12H,5-7,9-11H2,1H3,(H2,17,18,21). The Labute approximate surface area is 124 Å². The molecular weight excluding hydrogens is 268 g/mol. The molecule has 6 nitrogen and oxygen atoms in total. The van der Waals surface area contributed by atoms with Crippen LogP contribution in [0.25, 0.3) is 0 Å². The zero-order valence-electron chi connectivity index (χ0n) is 12.3. The predicted octanol–water partition coefficient (Wildman–Crippen LogP) is 0.792. The van der Waals surface area contributed by atoms with Gasteiger partial charge >= 0.3 is 6.03 Å². The lowest BCUT2D eigenvalue weighted by Gasteiger charge is -2.17. The molecule has 0 radical (unpaired) electrons. The van der Waals surface area contributed by atoms with E-state index in [0.717, 1.165) is 5.69 Å². The Kier molecular flexibility index (Phi) is 5.54. The van der Waals surface area contributed by atoms with Gasteiger partial charge in [-0.2, -0.15) is 0 Å². The molecule has 6 heteroatoms. The van der Waals surface area contributed by atoms with Gasteiger partial charge in [-0.05, 0) is 30.9 Å². The van der Waals surface area contributed by atoms with E-state index in [1.54, 1.807) is 18.1 Å². The number of likely N-dealkylation sites (N-methyl/N-ethyl adjacent to an activating group) is 1. The average Bonchev–Trinajstić information content (AvgIpc) is 3.33. The number of nitrogens with zero attached hydrogens (tertiary/aromatic N) is 2. The molecular formula is C15H22N4O2. The van der Waals surface area contributed by atoms with Crippen molar-refractivity contribution in [2.75, 3.05) is 26.7 Å². The molecule has 1 fully saturated rings. The second kappa shape index (κ2) is 7.61. The van der Waals surface area contributed by atoms with Crippen LogP contribution in [0.5, 0.6) is 0 Å². The molecule has 0 bridgehead atoms. The fourth-order valence-electron chi connectivity index (χ4n) is 1.87. The van der Waals surface area contributed by atoms with E-state index in [0.29, 0.717) is 25.4 Å². The molecule has 1 aromatic rings. The number of urea groups is 1. The highest BCUT2D eigenvalue weighted by Crippen LogP contribution is 2.27. The van der Waals surface area contributed by atoms with Gasteiger partial charge in [-0.3, -0.25) is 9.78 Å². The molecule has 1 aliphatic carbocycles. The Morgan fingerprint density at radius 2 is 2.14 bits per heavy atom. The highest BCUT2D eigenvalue weighted by Gasteiger charge is 2.21. The Balaban J connectivity index is 1.61. The number of hydrogen-bond acceptors (Lipinski definition) is 3. The fraction of sp³-hybridized carbons (Fsp3) is 0.533. The lowest BCUT2D eigenvalue weighted by molar-refractivity contribution is -0.128. The third-order valence-corrected chi connectivity index (χ3v) is 3.50. The van der Waals surface area contributed by atoms with E-state index in [-0.39, 0.29) is 18.5 Å². The van der Waals surface area contributed by atoms with Crippen molar-refractivity contribution in [2.45, 2.75) is 19.3 Å². The number of pyridine rings is 1. The largest absolute Gasteiger partial charge is 0.344 e. The molecule has 0 spiro atoms. The van der Waals surface area contributed by atoms with Gasteiger partial charge in [0.1, 0.15) is 0 Å². The summed E-state index contributed by atoms with van der Waals surface area (Å²) in [5, 5.41) is 5.35. The van der Waals surface area contributed by atoms with Gasteiger partial charge < -0.3 is 15.5 Å². The van der Waals surface area contributed by atoms with Crippen molar-refractivity contribution >= 4 is 11.9 Å². The first-order valence-corrected chi connectivity index (χ1v) is 7.30. The molecule has 0 saturated heterocycles. The minimum absolute atomic E-state index is 0.0230. The van der Waals surface area contributed by atoms with Crippen LogP contribution in [0.2, 0.25) is 0 Å². The molecule has 0 atom stereocenters. The normalized spacial score (nSPS) is 13.6. The van der Waals surface area contributed by atoms with Crippen LogP contribution >= 0.6 is 0 Å². The summed E-state index contributed by atoms with van der Waals surface area (Å²) in [7, 11) is 1.73. The van der Waals surface area contributed by atoms with Crippen LogP contribution in [0.15, 0.2) is 24.4 Å². The molecule has 2 rings (SSSR count). The smallest absolute Gasteiger partial charge is 0.315 e. The maximum absolute atomic E-state index is 11.9. The summed E-state index contributed by atoms with van der Waals surface area (Å²) in [6.45, 7) is 1.31. The van der Waals surface area contributed by atoms with Crippen molar-refractivity contribution < 1.29 is 9.59 Å². The first-order chi connectivity index (χ1) is 10.1. The van der Waals surface area contributed by atoms with Crippen molar-refractivity contribution in [3.63, 3.8) is 0 Å². The van der Waals surface area contributed by atoms with Crippen LogP contribution in [-0.2, 0) is 11.2 Å². The molecule has 0 aromatic carbocycles. The van der Waals surface area contributed by atoms with Crippen molar-refractivity contribution in [3.05, 3.63) is 30.1 Å². The summed E-state index contributed by atoms with van der Waals surface area (Å²) in [5.74, 6) is 0.528. The third-order valence-electron chi connectivity index (χ3n) is 3.50. The number of nitrogens with one attached hydrogen (secondary N) is 2. The van der Waals surface area contributed by atoms with Gasteiger partial charge in [0.2, 0.25) is 5.91 Å². The molecule has 1 aliphatic rings. The van der Waals surface area contributed by atoms with Gasteiger partial charge in [0.05, 0.1) is 6.54 Å². The first-order valence-electron chi connectivity index (χ1n) is 7.30. The molecule has 114 valence electrons. The number of rotatable bonds is 7. The van der Waals surface area contributed by atoms with E-state index in [1.165, 1.54) is 12.8 Å². The van der Waals surface area contributed by atoms with Crippen LogP contribution in [0.1, 0.15) is 18.5 Å². The third kappa shape index (κ3) is 5.81. The number of hydrogen-bond donors (Lipinski definition) is 2. The van der Waals surface area contributed by atoms with Crippen molar-refractivity contribution in [2.24, 2.45) is 5.92 Å². The second-order valence-electron chi connectivity index (χ2n) is 5.39. The molecule has 1 heterocycles. The van der Waals surface area contributed by atoms with E-state index in [4.69, 9.17) is 0 Å². The summed E-state index contributed by atoms with van der Waals surface area (Å²) < 4.78 is 0. The maximum atomic E-state index is 11.9. The Hall–Kier alpha value is -2.11. The van der Waals surface area contributed by atoms with Gasteiger partial charge in [0, 0.05) is 38.4 Å². The summed E-state index contributed by atoms with van der Waals surface area (Å²) >= 11 is 0. The van der Waals surface area contributed by atoms with Gasteiger partial charge in [0.25, 0.3) is 0 Å². The summed E-state index contributed by atoms with van der Waals surface area (Å²) in [6, 6.07) is 5.45. The SMILES string of the molecule is CN(CCc1ccccn1)C(=O)CNC(=O)NCC1CC1. The number of aromatic nitrogens is 1. The summed E-state index contributed by atoms with van der Waals surface area (Å²) in [4.78, 5) is 29.2. The molecule has 1 aromatic heterocycles. The quantitative estimate of drug-likeness (QED) is 0.780. The maximum Gasteiger partial charge on any atom is 0.315 e. The van der Waals surface area contributed by atoms with Crippen LogP contribution in [0.4, 0.5) is 4.79 Å². The predicted molar refractivity (Wildman–Crippen MR) is 79.7 cm³/mol. The van der Waals surface area contributed by atoms with E-state index in [2.05, 4.69) is 15.6 Å². The van der Waals surface area contributed by atoms with Crippen molar-refractivity contribution in [3.8, 4) is 0 Å². The number of amides is 3. The highest BCUT2D eigenvalue weighted by molar-refractivity contribution is 5.83. The lowest BCUT2D eigenvalue weighted by atomic mass is 10.2. The Bertz CT molecular complexity index is 474. The van der Waals surface area contributed by atoms with E-state index in [1.807, 2.05) is 18.2 Å². The topological polar surface area (TPSA) is 74.3 Å². The Morgan fingerprint density at radius 3 is 2.81 bits per heavy atom. The van der Waals surface area contributed by atoms with Crippen LogP contribution in [0, 0.1) is 5.92 Å². The Morgan fingerprint density at radius 1 is 1.33 bits per heavy atom. The van der Waals surface area contributed by atoms with Crippen molar-refractivity contribution in [1.29, 1.82) is 0 Å². The van der Waals surface area contributed by atoms with Gasteiger partial charge in [-0.15, -0.1) is 0 Å². The first kappa shape index (κ1) is 15.3. The average molecular weight is 290 g/mol. The van der Waals surface area contributed by atoms with Gasteiger partial charge in [0.15, 0.2) is 0 Å². The number of carbonyl (C=O) groups excluding carboxylic acids is 2. The number of carbonyl (C=O) groups is 2. The minimum Gasteiger partial charge on any atom is -0.344 e. The van der Waals surface area contributed by atoms with Crippen LogP contribution in [-0.4, -0.2) is 48.5 Å². The van der Waals surface area contributed by atoms with Gasteiger partial charge in [-0.25, -0.2) is 4.79 Å². The zero-order valence-corrected chi connectivity index (χ0v) is 12.3. The second-order valence-corrected chi connectivity index (χ2v) is 5.39. The zero-order chi connectivity index (χ0) is 15.1. The fourth-order valence-corrected chi connectivity index (χ4v) is 1.87. The van der Waals surface area contributed by atoms with Gasteiger partial charge in [-0.1, -0.05) is 6.07 Å². The lowest BCUT2D eigenvalue weighted by Crippen LogP contribution is -2.43. The molecule has 3 amide bonds. The molecule has 0 aliphatic heterocycles. The summed E-state index contributed by atoms with van der Waals surface area (Å²) in [6.07, 6.45) is 4.82. The molecule has 1 saturated carbocycles. The van der Waals surface area contributed by atoms with Crippen molar-refractivity contribution in [1.82, 2.24) is 20.5 Å². The van der Waals surface area contributed by atoms with E-state index in [9.17, 15) is 9.59 Å². The highest BCUT2D eigenvalue weighted by atomic mass is 16.2. The van der Waals surface area contributed by atoms with Crippen LogP contribution in [0.3, 0.4) is 0 Å². The minimum atomic E-state index is -0.270. The van der Waals surface area contributed by atoms with E-state index >= 15 is 0 Å². The molecule has 2 N–H and O–H groups in total. The van der Waals surface area contributed by atoms with Crippen LogP contribution < -0.4 is 10.6 Å².